The van der Waals surface area contributed by atoms with Gasteiger partial charge in [0.15, 0.2) is 0 Å². The summed E-state index contributed by atoms with van der Waals surface area (Å²) in [6, 6.07) is 8.78. The number of carboxylic acids is 1. The zero-order valence-electron chi connectivity index (χ0n) is 13.3. The Labute approximate surface area is 122 Å². The highest BCUT2D eigenvalue weighted by Gasteiger charge is 2.17. The molecule has 0 aliphatic carbocycles. The highest BCUT2D eigenvalue weighted by molar-refractivity contribution is 5.69. The lowest BCUT2D eigenvalue weighted by atomic mass is 9.87. The van der Waals surface area contributed by atoms with Crippen molar-refractivity contribution >= 4 is 5.97 Å². The van der Waals surface area contributed by atoms with Crippen LogP contribution in [0.5, 0.6) is 0 Å². The minimum Gasteiger partial charge on any atom is -0.480 e. The van der Waals surface area contributed by atoms with Crippen LogP contribution in [-0.4, -0.2) is 28.6 Å². The highest BCUT2D eigenvalue weighted by Crippen LogP contribution is 2.22. The Morgan fingerprint density at radius 3 is 2.20 bits per heavy atom. The van der Waals surface area contributed by atoms with Crippen LogP contribution in [0.4, 0.5) is 0 Å². The molecule has 1 unspecified atom stereocenters. The summed E-state index contributed by atoms with van der Waals surface area (Å²) in [4.78, 5) is 13.0. The molecule has 0 saturated heterocycles. The van der Waals surface area contributed by atoms with Crippen LogP contribution in [0.2, 0.25) is 0 Å². The second kappa shape index (κ2) is 6.89. The molecule has 0 aromatic heterocycles. The Morgan fingerprint density at radius 2 is 1.80 bits per heavy atom. The van der Waals surface area contributed by atoms with Gasteiger partial charge < -0.3 is 5.11 Å². The third-order valence-electron chi connectivity index (χ3n) is 3.76. The molecule has 0 aliphatic rings. The van der Waals surface area contributed by atoms with Crippen molar-refractivity contribution in [1.29, 1.82) is 0 Å². The molecule has 1 rings (SSSR count). The number of carbonyl (C=O) groups is 1. The van der Waals surface area contributed by atoms with Crippen molar-refractivity contribution in [3.63, 3.8) is 0 Å². The van der Waals surface area contributed by atoms with Gasteiger partial charge in [0.05, 0.1) is 6.54 Å². The summed E-state index contributed by atoms with van der Waals surface area (Å²) in [5.74, 6) is -0.767. The number of hydrogen-bond acceptors (Lipinski definition) is 2. The van der Waals surface area contributed by atoms with Crippen molar-refractivity contribution in [2.24, 2.45) is 0 Å². The number of carboxylic acid groups (broad SMARTS) is 1. The minimum atomic E-state index is -0.767. The molecule has 0 radical (unpaired) electrons. The average molecular weight is 277 g/mol. The first-order chi connectivity index (χ1) is 9.24. The lowest BCUT2D eigenvalue weighted by molar-refractivity contribution is -0.139. The van der Waals surface area contributed by atoms with Crippen molar-refractivity contribution in [1.82, 2.24) is 4.90 Å². The summed E-state index contributed by atoms with van der Waals surface area (Å²) >= 11 is 0. The first kappa shape index (κ1) is 16.7. The van der Waals surface area contributed by atoms with E-state index in [1.54, 1.807) is 0 Å². The fourth-order valence-corrected chi connectivity index (χ4v) is 2.14. The van der Waals surface area contributed by atoms with E-state index in [4.69, 9.17) is 5.11 Å². The van der Waals surface area contributed by atoms with Crippen molar-refractivity contribution < 1.29 is 9.90 Å². The van der Waals surface area contributed by atoms with Crippen molar-refractivity contribution in [2.45, 2.75) is 59.0 Å². The van der Waals surface area contributed by atoms with Gasteiger partial charge in [-0.3, -0.25) is 9.69 Å². The Balaban J connectivity index is 2.81. The summed E-state index contributed by atoms with van der Waals surface area (Å²) in [5.41, 5.74) is 2.62. The number of benzene rings is 1. The van der Waals surface area contributed by atoms with Crippen LogP contribution in [0, 0.1) is 0 Å². The first-order valence-corrected chi connectivity index (χ1v) is 7.29. The van der Waals surface area contributed by atoms with E-state index in [0.29, 0.717) is 6.54 Å². The molecule has 1 aromatic carbocycles. The van der Waals surface area contributed by atoms with E-state index in [-0.39, 0.29) is 18.0 Å². The third-order valence-corrected chi connectivity index (χ3v) is 3.76. The van der Waals surface area contributed by atoms with Gasteiger partial charge in [0, 0.05) is 12.6 Å². The molecule has 112 valence electrons. The van der Waals surface area contributed by atoms with Crippen molar-refractivity contribution in [3.8, 4) is 0 Å². The zero-order chi connectivity index (χ0) is 15.3. The van der Waals surface area contributed by atoms with E-state index in [1.165, 1.54) is 11.1 Å². The molecule has 0 bridgehead atoms. The predicted octanol–water partition coefficient (Wildman–Crippen LogP) is 3.67. The molecule has 0 saturated carbocycles. The molecule has 0 fully saturated rings. The first-order valence-electron chi connectivity index (χ1n) is 7.29. The highest BCUT2D eigenvalue weighted by atomic mass is 16.4. The van der Waals surface area contributed by atoms with E-state index in [9.17, 15) is 4.79 Å². The second-order valence-corrected chi connectivity index (χ2v) is 6.50. The molecule has 0 spiro atoms. The van der Waals surface area contributed by atoms with Gasteiger partial charge in [0.25, 0.3) is 0 Å². The van der Waals surface area contributed by atoms with E-state index < -0.39 is 5.97 Å². The fraction of sp³-hybridized carbons (Fsp3) is 0.588. The smallest absolute Gasteiger partial charge is 0.317 e. The summed E-state index contributed by atoms with van der Waals surface area (Å²) in [6.45, 7) is 11.5. The fourth-order valence-electron chi connectivity index (χ4n) is 2.14. The zero-order valence-corrected chi connectivity index (χ0v) is 13.3. The molecular weight excluding hydrogens is 250 g/mol. The molecule has 1 aromatic rings. The minimum absolute atomic E-state index is 0.0933. The van der Waals surface area contributed by atoms with Crippen molar-refractivity contribution in [2.75, 3.05) is 6.54 Å². The molecule has 3 nitrogen and oxygen atoms in total. The largest absolute Gasteiger partial charge is 0.480 e. The van der Waals surface area contributed by atoms with Gasteiger partial charge in [-0.15, -0.1) is 0 Å². The predicted molar refractivity (Wildman–Crippen MR) is 82.9 cm³/mol. The maximum Gasteiger partial charge on any atom is 0.317 e. The van der Waals surface area contributed by atoms with E-state index >= 15 is 0 Å². The Morgan fingerprint density at radius 1 is 1.25 bits per heavy atom. The number of rotatable bonds is 6. The van der Waals surface area contributed by atoms with Gasteiger partial charge in [-0.25, -0.2) is 0 Å². The van der Waals surface area contributed by atoms with E-state index in [0.717, 1.165) is 6.42 Å². The third kappa shape index (κ3) is 4.97. The van der Waals surface area contributed by atoms with Gasteiger partial charge in [0.1, 0.15) is 0 Å². The van der Waals surface area contributed by atoms with Crippen molar-refractivity contribution in [3.05, 3.63) is 35.4 Å². The number of hydrogen-bond donors (Lipinski definition) is 1. The normalized spacial score (nSPS) is 13.5. The quantitative estimate of drug-likeness (QED) is 0.862. The number of nitrogens with zero attached hydrogens (tertiary/aromatic N) is 1. The topological polar surface area (TPSA) is 40.5 Å². The Bertz CT molecular complexity index is 431. The number of aliphatic carboxylic acids is 1. The molecule has 0 aliphatic heterocycles. The van der Waals surface area contributed by atoms with E-state index in [2.05, 4.69) is 58.9 Å². The van der Waals surface area contributed by atoms with Gasteiger partial charge in [-0.1, -0.05) is 52.0 Å². The maximum atomic E-state index is 11.0. The molecule has 20 heavy (non-hydrogen) atoms. The molecule has 3 heteroatoms. The van der Waals surface area contributed by atoms with E-state index in [1.807, 2.05) is 4.90 Å². The van der Waals surface area contributed by atoms with Crippen LogP contribution in [0.3, 0.4) is 0 Å². The summed E-state index contributed by atoms with van der Waals surface area (Å²) in [6.07, 6.45) is 0.952. The van der Waals surface area contributed by atoms with Gasteiger partial charge in [-0.2, -0.15) is 0 Å². The lowest BCUT2D eigenvalue weighted by Crippen LogP contribution is -2.36. The van der Waals surface area contributed by atoms with Gasteiger partial charge in [-0.05, 0) is 29.9 Å². The molecular formula is C17H27NO2. The summed E-state index contributed by atoms with van der Waals surface area (Å²) in [5, 5.41) is 9.02. The van der Waals surface area contributed by atoms with Gasteiger partial charge >= 0.3 is 5.97 Å². The Kier molecular flexibility index (Phi) is 5.75. The standard InChI is InChI=1S/C17H27NO2/c1-6-13(2)18(12-16(19)20)11-14-7-9-15(10-8-14)17(3,4)5/h7-10,13H,6,11-12H2,1-5H3,(H,19,20). The summed E-state index contributed by atoms with van der Waals surface area (Å²) < 4.78 is 0. The van der Waals surface area contributed by atoms with Crippen LogP contribution >= 0.6 is 0 Å². The molecule has 1 atom stereocenters. The molecule has 0 amide bonds. The molecule has 0 heterocycles. The maximum absolute atomic E-state index is 11.0. The van der Waals surface area contributed by atoms with Crippen LogP contribution in [0.15, 0.2) is 24.3 Å². The monoisotopic (exact) mass is 277 g/mol. The Hall–Kier alpha value is -1.35. The van der Waals surface area contributed by atoms with Crippen LogP contribution < -0.4 is 0 Å². The SMILES string of the molecule is CCC(C)N(CC(=O)O)Cc1ccc(C(C)(C)C)cc1. The van der Waals surface area contributed by atoms with Gasteiger partial charge in [0.2, 0.25) is 0 Å². The van der Waals surface area contributed by atoms with Crippen LogP contribution in [-0.2, 0) is 16.8 Å². The second-order valence-electron chi connectivity index (χ2n) is 6.50. The molecule has 1 N–H and O–H groups in total. The summed E-state index contributed by atoms with van der Waals surface area (Å²) in [7, 11) is 0. The van der Waals surface area contributed by atoms with Crippen LogP contribution in [0.1, 0.15) is 52.2 Å². The lowest BCUT2D eigenvalue weighted by Gasteiger charge is -2.27. The van der Waals surface area contributed by atoms with Crippen LogP contribution in [0.25, 0.3) is 0 Å². The average Bonchev–Trinajstić information content (AvgIpc) is 2.36.